The number of nitrogens with one attached hydrogen (secondary N) is 2. The predicted molar refractivity (Wildman–Crippen MR) is 94.6 cm³/mol. The molecule has 1 aromatic carbocycles. The van der Waals surface area contributed by atoms with E-state index in [2.05, 4.69) is 15.6 Å². The number of fused-ring (bicyclic) bond motifs is 1. The zero-order chi connectivity index (χ0) is 17.8. The first-order valence-electron chi connectivity index (χ1n) is 8.47. The summed E-state index contributed by atoms with van der Waals surface area (Å²) in [5.41, 5.74) is 0. The third-order valence-electron chi connectivity index (χ3n) is 4.20. The van der Waals surface area contributed by atoms with Crippen molar-refractivity contribution in [3.8, 4) is 5.75 Å². The molecule has 134 valence electrons. The second kappa shape index (κ2) is 7.45. The molecule has 0 aliphatic carbocycles. The van der Waals surface area contributed by atoms with Gasteiger partial charge in [-0.05, 0) is 41.8 Å². The van der Waals surface area contributed by atoms with Crippen LogP contribution in [0.3, 0.4) is 0 Å². The van der Waals surface area contributed by atoms with E-state index in [1.54, 1.807) is 24.6 Å². The molecule has 1 aliphatic heterocycles. The number of alkyl carbamates (subject to hydrolysis) is 1. The number of hydrogen-bond donors (Lipinski definition) is 2. The number of pyridine rings is 1. The van der Waals surface area contributed by atoms with Crippen molar-refractivity contribution in [3.05, 3.63) is 60.8 Å². The second-order valence-electron chi connectivity index (χ2n) is 6.10. The Morgan fingerprint density at radius 1 is 1.31 bits per heavy atom. The van der Waals surface area contributed by atoms with E-state index in [9.17, 15) is 4.79 Å². The van der Waals surface area contributed by atoms with Gasteiger partial charge in [0.05, 0.1) is 12.8 Å². The van der Waals surface area contributed by atoms with Crippen LogP contribution in [-0.2, 0) is 11.3 Å². The minimum Gasteiger partial charge on any atom is -0.489 e. The van der Waals surface area contributed by atoms with Gasteiger partial charge in [-0.3, -0.25) is 10.3 Å². The van der Waals surface area contributed by atoms with Crippen LogP contribution in [0, 0.1) is 0 Å². The zero-order valence-corrected chi connectivity index (χ0v) is 14.1. The van der Waals surface area contributed by atoms with Crippen molar-refractivity contribution in [2.45, 2.75) is 25.3 Å². The van der Waals surface area contributed by atoms with E-state index in [4.69, 9.17) is 13.9 Å². The number of aromatic nitrogens is 1. The summed E-state index contributed by atoms with van der Waals surface area (Å²) in [6.07, 6.45) is 4.81. The molecule has 1 aliphatic rings. The van der Waals surface area contributed by atoms with Crippen LogP contribution in [0.25, 0.3) is 10.8 Å². The number of nitrogens with zero attached hydrogens (tertiary/aromatic N) is 1. The van der Waals surface area contributed by atoms with Crippen LogP contribution in [0.15, 0.2) is 59.5 Å². The lowest BCUT2D eigenvalue weighted by Crippen LogP contribution is -2.33. The molecule has 0 spiro atoms. The normalized spacial score (nSPS) is 19.4. The van der Waals surface area contributed by atoms with E-state index < -0.39 is 6.09 Å². The number of carbonyl (C=O) groups excluding carboxylic acids is 1. The van der Waals surface area contributed by atoms with E-state index >= 15 is 0 Å². The number of furan rings is 1. The molecule has 2 N–H and O–H groups in total. The number of rotatable bonds is 5. The Kier molecular flexibility index (Phi) is 4.70. The van der Waals surface area contributed by atoms with Gasteiger partial charge in [-0.2, -0.15) is 0 Å². The van der Waals surface area contributed by atoms with Crippen molar-refractivity contribution in [1.82, 2.24) is 15.6 Å². The summed E-state index contributed by atoms with van der Waals surface area (Å²) in [6.45, 7) is 0.912. The van der Waals surface area contributed by atoms with Crippen molar-refractivity contribution < 1.29 is 18.7 Å². The van der Waals surface area contributed by atoms with E-state index in [1.165, 1.54) is 0 Å². The van der Waals surface area contributed by atoms with Gasteiger partial charge in [0.1, 0.15) is 17.6 Å². The molecule has 1 fully saturated rings. The summed E-state index contributed by atoms with van der Waals surface area (Å²) >= 11 is 0. The number of ether oxygens (including phenoxy) is 2. The van der Waals surface area contributed by atoms with E-state index in [0.717, 1.165) is 16.5 Å². The summed E-state index contributed by atoms with van der Waals surface area (Å²) < 4.78 is 16.5. The Hall–Kier alpha value is -3.06. The fourth-order valence-electron chi connectivity index (χ4n) is 2.92. The van der Waals surface area contributed by atoms with Gasteiger partial charge in [0.15, 0.2) is 6.23 Å². The van der Waals surface area contributed by atoms with E-state index in [1.807, 2.05) is 30.5 Å². The Labute approximate surface area is 150 Å². The molecule has 26 heavy (non-hydrogen) atoms. The maximum Gasteiger partial charge on any atom is 0.409 e. The molecule has 1 saturated heterocycles. The summed E-state index contributed by atoms with van der Waals surface area (Å²) in [5, 5.41) is 7.95. The number of hydrogen-bond acceptors (Lipinski definition) is 6. The topological polar surface area (TPSA) is 85.6 Å². The minimum atomic E-state index is -0.488. The smallest absolute Gasteiger partial charge is 0.409 e. The number of carbonyl (C=O) groups is 1. The quantitative estimate of drug-likeness (QED) is 0.734. The van der Waals surface area contributed by atoms with Gasteiger partial charge < -0.3 is 19.2 Å². The van der Waals surface area contributed by atoms with Crippen molar-refractivity contribution in [1.29, 1.82) is 0 Å². The van der Waals surface area contributed by atoms with Gasteiger partial charge in [-0.1, -0.05) is 0 Å². The minimum absolute atomic E-state index is 0.0582. The molecule has 2 atom stereocenters. The Bertz CT molecular complexity index is 881. The molecular formula is C19H19N3O4. The molecule has 4 rings (SSSR count). The van der Waals surface area contributed by atoms with Crippen LogP contribution < -0.4 is 15.4 Å². The summed E-state index contributed by atoms with van der Waals surface area (Å²) in [5.74, 6) is 1.47. The predicted octanol–water partition coefficient (Wildman–Crippen LogP) is 2.82. The molecule has 2 aromatic heterocycles. The first-order chi connectivity index (χ1) is 12.8. The molecule has 0 saturated carbocycles. The van der Waals surface area contributed by atoms with Crippen molar-refractivity contribution >= 4 is 16.9 Å². The highest BCUT2D eigenvalue weighted by molar-refractivity contribution is 5.82. The molecule has 1 amide bonds. The van der Waals surface area contributed by atoms with Gasteiger partial charge in [0.2, 0.25) is 0 Å². The fraction of sp³-hybridized carbons (Fsp3) is 0.263. The molecule has 0 radical (unpaired) electrons. The lowest BCUT2D eigenvalue weighted by molar-refractivity contribution is 0.0819. The van der Waals surface area contributed by atoms with E-state index in [0.29, 0.717) is 25.3 Å². The molecule has 0 bridgehead atoms. The third kappa shape index (κ3) is 3.94. The molecule has 3 heterocycles. The molecule has 0 unspecified atom stereocenters. The van der Waals surface area contributed by atoms with Gasteiger partial charge in [0, 0.05) is 30.7 Å². The molecular weight excluding hydrogens is 334 g/mol. The monoisotopic (exact) mass is 353 g/mol. The fourth-order valence-corrected chi connectivity index (χ4v) is 2.92. The molecule has 7 heteroatoms. The summed E-state index contributed by atoms with van der Waals surface area (Å²) in [6, 6.07) is 11.4. The van der Waals surface area contributed by atoms with Crippen LogP contribution in [0.1, 0.15) is 12.2 Å². The summed E-state index contributed by atoms with van der Waals surface area (Å²) in [7, 11) is 0. The Morgan fingerprint density at radius 2 is 2.27 bits per heavy atom. The standard InChI is InChI=1S/C19H19N3O4/c23-19(22-11-16-2-1-7-24-16)26-18-9-17(12-21-18)25-15-4-3-14-10-20-6-5-13(14)8-15/h1-8,10,17-18,21H,9,11-12H2,(H,22,23)/t17-,18+/m1/s1. The van der Waals surface area contributed by atoms with Gasteiger partial charge >= 0.3 is 6.09 Å². The highest BCUT2D eigenvalue weighted by Crippen LogP contribution is 2.23. The number of amides is 1. The van der Waals surface area contributed by atoms with Crippen molar-refractivity contribution in [2.75, 3.05) is 6.54 Å². The van der Waals surface area contributed by atoms with Crippen LogP contribution >= 0.6 is 0 Å². The lowest BCUT2D eigenvalue weighted by Gasteiger charge is -2.14. The first kappa shape index (κ1) is 16.4. The number of benzene rings is 1. The SMILES string of the molecule is O=C(NCc1ccco1)O[C@H]1C[C@@H](Oc2ccc3cnccc3c2)CN1. The zero-order valence-electron chi connectivity index (χ0n) is 14.1. The Morgan fingerprint density at radius 3 is 3.15 bits per heavy atom. The van der Waals surface area contributed by atoms with Crippen LogP contribution in [-0.4, -0.2) is 30.0 Å². The van der Waals surface area contributed by atoms with Gasteiger partial charge in [-0.15, -0.1) is 0 Å². The molecule has 3 aromatic rings. The van der Waals surface area contributed by atoms with Crippen LogP contribution in [0.2, 0.25) is 0 Å². The maximum absolute atomic E-state index is 11.8. The van der Waals surface area contributed by atoms with Gasteiger partial charge in [-0.25, -0.2) is 4.79 Å². The van der Waals surface area contributed by atoms with Crippen LogP contribution in [0.4, 0.5) is 4.79 Å². The maximum atomic E-state index is 11.8. The Balaban J connectivity index is 1.27. The highest BCUT2D eigenvalue weighted by Gasteiger charge is 2.28. The average Bonchev–Trinajstić information content (AvgIpc) is 3.32. The third-order valence-corrected chi connectivity index (χ3v) is 4.20. The van der Waals surface area contributed by atoms with Crippen molar-refractivity contribution in [2.24, 2.45) is 0 Å². The summed E-state index contributed by atoms with van der Waals surface area (Å²) in [4.78, 5) is 15.9. The lowest BCUT2D eigenvalue weighted by atomic mass is 10.2. The average molecular weight is 353 g/mol. The van der Waals surface area contributed by atoms with E-state index in [-0.39, 0.29) is 12.3 Å². The van der Waals surface area contributed by atoms with Crippen LogP contribution in [0.5, 0.6) is 5.75 Å². The largest absolute Gasteiger partial charge is 0.489 e. The molecule has 7 nitrogen and oxygen atoms in total. The second-order valence-corrected chi connectivity index (χ2v) is 6.10. The van der Waals surface area contributed by atoms with Crippen molar-refractivity contribution in [3.63, 3.8) is 0 Å². The van der Waals surface area contributed by atoms with Gasteiger partial charge in [0.25, 0.3) is 0 Å². The highest BCUT2D eigenvalue weighted by atomic mass is 16.6. The first-order valence-corrected chi connectivity index (χ1v) is 8.47.